The van der Waals surface area contributed by atoms with Crippen molar-refractivity contribution in [3.63, 3.8) is 0 Å². The number of ether oxygens (including phenoxy) is 1. The second kappa shape index (κ2) is 5.77. The molecule has 2 heterocycles. The molecule has 4 aromatic rings. The van der Waals surface area contributed by atoms with Crippen LogP contribution in [0.25, 0.3) is 22.6 Å². The third kappa shape index (κ3) is 2.60. The number of aryl methyl sites for hydroxylation is 1. The first-order valence-corrected chi connectivity index (χ1v) is 7.48. The Hall–Kier alpha value is -3.22. The smallest absolute Gasteiger partial charge is 0.227 e. The quantitative estimate of drug-likeness (QED) is 0.575. The summed E-state index contributed by atoms with van der Waals surface area (Å²) in [6.45, 7) is 0. The number of fused-ring (bicyclic) bond motifs is 1. The van der Waals surface area contributed by atoms with Crippen molar-refractivity contribution >= 4 is 11.1 Å². The molecule has 0 radical (unpaired) electrons. The maximum Gasteiger partial charge on any atom is 0.227 e. The van der Waals surface area contributed by atoms with E-state index in [2.05, 4.69) is 20.4 Å². The van der Waals surface area contributed by atoms with Gasteiger partial charge in [0.25, 0.3) is 0 Å². The highest BCUT2D eigenvalue weighted by Gasteiger charge is 2.13. The van der Waals surface area contributed by atoms with E-state index in [1.807, 2.05) is 42.5 Å². The Balaban J connectivity index is 1.70. The number of hydrogen-bond acceptors (Lipinski definition) is 6. The van der Waals surface area contributed by atoms with E-state index in [0.717, 1.165) is 28.0 Å². The van der Waals surface area contributed by atoms with E-state index in [-0.39, 0.29) is 0 Å². The monoisotopic (exact) mass is 321 g/mol. The van der Waals surface area contributed by atoms with Crippen LogP contribution in [-0.2, 0) is 13.5 Å². The van der Waals surface area contributed by atoms with Gasteiger partial charge in [0.1, 0.15) is 11.3 Å². The molecule has 0 N–H and O–H groups in total. The molecule has 2 aromatic heterocycles. The van der Waals surface area contributed by atoms with E-state index in [1.54, 1.807) is 14.2 Å². The third-order valence-electron chi connectivity index (χ3n) is 3.73. The van der Waals surface area contributed by atoms with Crippen LogP contribution in [0.15, 0.2) is 46.9 Å². The minimum absolute atomic E-state index is 0.546. The average molecular weight is 321 g/mol. The molecule has 0 amide bonds. The summed E-state index contributed by atoms with van der Waals surface area (Å²) in [5, 5.41) is 12.1. The van der Waals surface area contributed by atoms with Gasteiger partial charge in [0.15, 0.2) is 11.4 Å². The van der Waals surface area contributed by atoms with Crippen molar-refractivity contribution in [2.24, 2.45) is 7.05 Å². The molecule has 0 spiro atoms. The number of rotatable bonds is 4. The van der Waals surface area contributed by atoms with Gasteiger partial charge in [-0.1, -0.05) is 18.2 Å². The number of para-hydroxylation sites is 2. The molecule has 4 rings (SSSR count). The fraction of sp³-hybridized carbons (Fsp3) is 0.176. The number of aromatic nitrogens is 5. The Bertz CT molecular complexity index is 972. The molecular weight excluding hydrogens is 306 g/mol. The molecule has 120 valence electrons. The van der Waals surface area contributed by atoms with Crippen LogP contribution in [0.3, 0.4) is 0 Å². The van der Waals surface area contributed by atoms with Crippen LogP contribution in [0.4, 0.5) is 0 Å². The second-order valence-corrected chi connectivity index (χ2v) is 5.39. The Kier molecular flexibility index (Phi) is 3.45. The second-order valence-electron chi connectivity index (χ2n) is 5.39. The molecular formula is C17H15N5O2. The minimum atomic E-state index is 0.546. The van der Waals surface area contributed by atoms with Gasteiger partial charge in [0.2, 0.25) is 5.89 Å². The van der Waals surface area contributed by atoms with E-state index in [1.165, 1.54) is 4.80 Å². The SMILES string of the molecule is COc1cc(-c2nc3ccccc3o2)ccc1Cc1nnn(C)n1. The Labute approximate surface area is 137 Å². The van der Waals surface area contributed by atoms with Crippen molar-refractivity contribution in [1.29, 1.82) is 0 Å². The molecule has 0 aliphatic heterocycles. The van der Waals surface area contributed by atoms with Crippen LogP contribution in [-0.4, -0.2) is 32.3 Å². The first kappa shape index (κ1) is 14.4. The third-order valence-corrected chi connectivity index (χ3v) is 3.73. The average Bonchev–Trinajstić information content (AvgIpc) is 3.21. The number of hydrogen-bond donors (Lipinski definition) is 0. The van der Waals surface area contributed by atoms with Crippen molar-refractivity contribution in [2.45, 2.75) is 6.42 Å². The molecule has 24 heavy (non-hydrogen) atoms. The van der Waals surface area contributed by atoms with Crippen LogP contribution in [0.5, 0.6) is 5.75 Å². The molecule has 0 saturated heterocycles. The molecule has 0 atom stereocenters. The molecule has 0 aliphatic carbocycles. The van der Waals surface area contributed by atoms with Gasteiger partial charge in [-0.25, -0.2) is 4.98 Å². The van der Waals surface area contributed by atoms with E-state index in [4.69, 9.17) is 9.15 Å². The summed E-state index contributed by atoms with van der Waals surface area (Å²) in [5.41, 5.74) is 3.43. The minimum Gasteiger partial charge on any atom is -0.496 e. The molecule has 2 aromatic carbocycles. The van der Waals surface area contributed by atoms with Crippen molar-refractivity contribution < 1.29 is 9.15 Å². The summed E-state index contributed by atoms with van der Waals surface area (Å²) < 4.78 is 11.3. The van der Waals surface area contributed by atoms with E-state index in [9.17, 15) is 0 Å². The van der Waals surface area contributed by atoms with E-state index in [0.29, 0.717) is 18.1 Å². The maximum atomic E-state index is 5.81. The van der Waals surface area contributed by atoms with Gasteiger partial charge in [0.05, 0.1) is 14.2 Å². The number of nitrogens with zero attached hydrogens (tertiary/aromatic N) is 5. The van der Waals surface area contributed by atoms with Crippen LogP contribution < -0.4 is 4.74 Å². The predicted molar refractivity (Wildman–Crippen MR) is 87.6 cm³/mol. The normalized spacial score (nSPS) is 11.1. The lowest BCUT2D eigenvalue weighted by Gasteiger charge is -2.08. The number of oxazole rings is 1. The van der Waals surface area contributed by atoms with Gasteiger partial charge < -0.3 is 9.15 Å². The molecule has 7 nitrogen and oxygen atoms in total. The molecule has 0 fully saturated rings. The van der Waals surface area contributed by atoms with Gasteiger partial charge in [-0.15, -0.1) is 10.2 Å². The van der Waals surface area contributed by atoms with Crippen molar-refractivity contribution in [3.05, 3.63) is 53.9 Å². The lowest BCUT2D eigenvalue weighted by Crippen LogP contribution is -1.97. The lowest BCUT2D eigenvalue weighted by molar-refractivity contribution is 0.410. The van der Waals surface area contributed by atoms with Gasteiger partial charge in [-0.05, 0) is 29.5 Å². The summed E-state index contributed by atoms with van der Waals surface area (Å²) >= 11 is 0. The number of methoxy groups -OCH3 is 1. The zero-order valence-corrected chi connectivity index (χ0v) is 13.3. The Morgan fingerprint density at radius 3 is 2.79 bits per heavy atom. The fourth-order valence-corrected chi connectivity index (χ4v) is 2.58. The van der Waals surface area contributed by atoms with Crippen LogP contribution in [0.1, 0.15) is 11.4 Å². The van der Waals surface area contributed by atoms with Gasteiger partial charge in [0, 0.05) is 17.5 Å². The summed E-state index contributed by atoms with van der Waals surface area (Å²) in [4.78, 5) is 5.95. The molecule has 0 aliphatic rings. The highest BCUT2D eigenvalue weighted by atomic mass is 16.5. The van der Waals surface area contributed by atoms with Crippen LogP contribution >= 0.6 is 0 Å². The Morgan fingerprint density at radius 2 is 2.04 bits per heavy atom. The standard InChI is InChI=1S/C17H15N5O2/c1-22-20-16(19-21-22)10-11-7-8-12(9-15(11)23-2)17-18-13-5-3-4-6-14(13)24-17/h3-9H,10H2,1-2H3. The summed E-state index contributed by atoms with van der Waals surface area (Å²) in [7, 11) is 3.38. The number of benzene rings is 2. The van der Waals surface area contributed by atoms with Crippen LogP contribution in [0, 0.1) is 0 Å². The van der Waals surface area contributed by atoms with Gasteiger partial charge >= 0.3 is 0 Å². The van der Waals surface area contributed by atoms with Gasteiger partial charge in [-0.2, -0.15) is 4.80 Å². The van der Waals surface area contributed by atoms with Crippen molar-refractivity contribution in [2.75, 3.05) is 7.11 Å². The molecule has 0 saturated carbocycles. The summed E-state index contributed by atoms with van der Waals surface area (Å²) in [5.74, 6) is 1.95. The molecule has 7 heteroatoms. The maximum absolute atomic E-state index is 5.81. The topological polar surface area (TPSA) is 78.9 Å². The van der Waals surface area contributed by atoms with E-state index >= 15 is 0 Å². The Morgan fingerprint density at radius 1 is 1.17 bits per heavy atom. The highest BCUT2D eigenvalue weighted by Crippen LogP contribution is 2.29. The van der Waals surface area contributed by atoms with Crippen LogP contribution in [0.2, 0.25) is 0 Å². The number of tetrazole rings is 1. The summed E-state index contributed by atoms with van der Waals surface area (Å²) in [6, 6.07) is 13.5. The van der Waals surface area contributed by atoms with Gasteiger partial charge in [-0.3, -0.25) is 0 Å². The predicted octanol–water partition coefficient (Wildman–Crippen LogP) is 2.62. The van der Waals surface area contributed by atoms with Crippen molar-refractivity contribution in [1.82, 2.24) is 25.2 Å². The first-order valence-electron chi connectivity index (χ1n) is 7.48. The van der Waals surface area contributed by atoms with Crippen molar-refractivity contribution in [3.8, 4) is 17.2 Å². The zero-order chi connectivity index (χ0) is 16.5. The molecule has 0 unspecified atom stereocenters. The lowest BCUT2D eigenvalue weighted by atomic mass is 10.1. The largest absolute Gasteiger partial charge is 0.496 e. The summed E-state index contributed by atoms with van der Waals surface area (Å²) in [6.07, 6.45) is 0.546. The fourth-order valence-electron chi connectivity index (χ4n) is 2.58. The first-order chi connectivity index (χ1) is 11.7. The van der Waals surface area contributed by atoms with E-state index < -0.39 is 0 Å². The molecule has 0 bridgehead atoms. The highest BCUT2D eigenvalue weighted by molar-refractivity contribution is 5.76. The zero-order valence-electron chi connectivity index (χ0n) is 13.3.